The van der Waals surface area contributed by atoms with E-state index >= 15 is 0 Å². The van der Waals surface area contributed by atoms with Gasteiger partial charge in [0.05, 0.1) is 0 Å². The number of benzene rings is 2. The van der Waals surface area contributed by atoms with Crippen LogP contribution >= 0.6 is 11.3 Å². The summed E-state index contributed by atoms with van der Waals surface area (Å²) >= 11 is 1.89. The summed E-state index contributed by atoms with van der Waals surface area (Å²) < 4.78 is 2.75. The zero-order valence-electron chi connectivity index (χ0n) is 14.9. The first-order valence-electron chi connectivity index (χ1n) is 8.22. The molecule has 1 radical (unpaired) electrons. The molecule has 0 N–H and O–H groups in total. The molecule has 0 unspecified atom stereocenters. The van der Waals surface area contributed by atoms with Gasteiger partial charge in [-0.15, -0.1) is 0 Å². The van der Waals surface area contributed by atoms with E-state index in [-0.39, 0.29) is 5.41 Å². The average molecular weight is 319 g/mol. The van der Waals surface area contributed by atoms with E-state index in [1.165, 1.54) is 42.6 Å². The van der Waals surface area contributed by atoms with E-state index in [9.17, 15) is 0 Å². The van der Waals surface area contributed by atoms with E-state index in [4.69, 9.17) is 0 Å². The molecule has 0 aliphatic carbocycles. The van der Waals surface area contributed by atoms with Gasteiger partial charge in [0.15, 0.2) is 0 Å². The molecule has 117 valence electrons. The van der Waals surface area contributed by atoms with Crippen molar-refractivity contribution in [3.8, 4) is 0 Å². The van der Waals surface area contributed by atoms with E-state index in [1.54, 1.807) is 0 Å². The SMILES string of the molecule is Cc1cc(C(C)(C)C)cc(C)c1[B]c1sc2ccccc2c1C. The molecule has 1 heterocycles. The highest BCUT2D eigenvalue weighted by Gasteiger charge is 2.18. The lowest BCUT2D eigenvalue weighted by Gasteiger charge is -2.22. The topological polar surface area (TPSA) is 0 Å². The second-order valence-electron chi connectivity index (χ2n) is 7.51. The summed E-state index contributed by atoms with van der Waals surface area (Å²) in [5, 5.41) is 1.38. The quantitative estimate of drug-likeness (QED) is 0.596. The Morgan fingerprint density at radius 3 is 2.09 bits per heavy atom. The molecule has 0 aliphatic heterocycles. The summed E-state index contributed by atoms with van der Waals surface area (Å²) in [5.74, 6) is 0. The molecule has 0 fully saturated rings. The molecule has 0 saturated heterocycles. The Hall–Kier alpha value is -1.54. The molecule has 0 nitrogen and oxygen atoms in total. The highest BCUT2D eigenvalue weighted by molar-refractivity contribution is 7.28. The monoisotopic (exact) mass is 319 g/mol. The fourth-order valence-corrected chi connectivity index (χ4v) is 4.25. The molecule has 1 aromatic heterocycles. The molecule has 0 spiro atoms. The van der Waals surface area contributed by atoms with Crippen molar-refractivity contribution in [2.45, 2.75) is 47.0 Å². The predicted octanol–water partition coefficient (Wildman–Crippen LogP) is 4.78. The summed E-state index contributed by atoms with van der Waals surface area (Å²) in [7, 11) is 2.37. The van der Waals surface area contributed by atoms with Crippen LogP contribution in [0.4, 0.5) is 0 Å². The molecule has 2 aromatic carbocycles. The third kappa shape index (κ3) is 3.10. The molecule has 0 aliphatic rings. The van der Waals surface area contributed by atoms with Crippen molar-refractivity contribution in [3.05, 3.63) is 58.7 Å². The lowest BCUT2D eigenvalue weighted by Crippen LogP contribution is -2.31. The average Bonchev–Trinajstić information content (AvgIpc) is 2.78. The van der Waals surface area contributed by atoms with Gasteiger partial charge in [-0.25, -0.2) is 0 Å². The van der Waals surface area contributed by atoms with Crippen molar-refractivity contribution in [3.63, 3.8) is 0 Å². The van der Waals surface area contributed by atoms with Crippen LogP contribution in [0.25, 0.3) is 10.1 Å². The Labute approximate surface area is 144 Å². The van der Waals surface area contributed by atoms with Crippen LogP contribution in [0.1, 0.15) is 43.0 Å². The first-order chi connectivity index (χ1) is 10.8. The van der Waals surface area contributed by atoms with E-state index in [0.29, 0.717) is 0 Å². The van der Waals surface area contributed by atoms with Crippen LogP contribution in [-0.4, -0.2) is 7.28 Å². The van der Waals surface area contributed by atoms with E-state index < -0.39 is 0 Å². The molecular weight excluding hydrogens is 295 g/mol. The third-order valence-electron chi connectivity index (χ3n) is 4.62. The normalized spacial score (nSPS) is 11.9. The zero-order valence-corrected chi connectivity index (χ0v) is 15.8. The van der Waals surface area contributed by atoms with Gasteiger partial charge in [0.1, 0.15) is 0 Å². The van der Waals surface area contributed by atoms with E-state index in [0.717, 1.165) is 0 Å². The smallest absolute Gasteiger partial charge is 0.150 e. The predicted molar refractivity (Wildman–Crippen MR) is 106 cm³/mol. The van der Waals surface area contributed by atoms with E-state index in [2.05, 4.69) is 85.2 Å². The van der Waals surface area contributed by atoms with Crippen molar-refractivity contribution in [2.75, 3.05) is 0 Å². The molecule has 23 heavy (non-hydrogen) atoms. The van der Waals surface area contributed by atoms with Crippen molar-refractivity contribution in [1.82, 2.24) is 0 Å². The van der Waals surface area contributed by atoms with Crippen LogP contribution in [0, 0.1) is 20.8 Å². The third-order valence-corrected chi connectivity index (χ3v) is 5.84. The first kappa shape index (κ1) is 16.3. The van der Waals surface area contributed by atoms with Gasteiger partial charge in [-0.2, -0.15) is 11.3 Å². The van der Waals surface area contributed by atoms with Crippen LogP contribution in [0.5, 0.6) is 0 Å². The summed E-state index contributed by atoms with van der Waals surface area (Å²) in [4.78, 5) is 0. The van der Waals surface area contributed by atoms with E-state index in [1.807, 2.05) is 11.3 Å². The maximum atomic E-state index is 2.37. The Bertz CT molecular complexity index is 842. The molecule has 2 heteroatoms. The summed E-state index contributed by atoms with van der Waals surface area (Å²) in [5.41, 5.74) is 7.11. The summed E-state index contributed by atoms with van der Waals surface area (Å²) in [6.07, 6.45) is 0. The molecular formula is C21H24BS. The second-order valence-corrected chi connectivity index (χ2v) is 8.59. The number of aryl methyl sites for hydroxylation is 3. The lowest BCUT2D eigenvalue weighted by molar-refractivity contribution is 0.589. The Morgan fingerprint density at radius 1 is 0.913 bits per heavy atom. The molecule has 0 bridgehead atoms. The largest absolute Gasteiger partial charge is 0.206 e. The first-order valence-corrected chi connectivity index (χ1v) is 9.03. The molecule has 3 aromatic rings. The number of hydrogen-bond donors (Lipinski definition) is 0. The zero-order chi connectivity index (χ0) is 16.8. The Balaban J connectivity index is 2.04. The van der Waals surface area contributed by atoms with Crippen LogP contribution in [0.3, 0.4) is 0 Å². The van der Waals surface area contributed by atoms with Crippen molar-refractivity contribution >= 4 is 38.9 Å². The Morgan fingerprint density at radius 2 is 1.52 bits per heavy atom. The number of fused-ring (bicyclic) bond motifs is 1. The lowest BCUT2D eigenvalue weighted by atomic mass is 9.63. The highest BCUT2D eigenvalue weighted by atomic mass is 32.1. The van der Waals surface area contributed by atoms with Gasteiger partial charge in [0.25, 0.3) is 0 Å². The van der Waals surface area contributed by atoms with Gasteiger partial charge in [0, 0.05) is 4.70 Å². The van der Waals surface area contributed by atoms with Gasteiger partial charge in [-0.05, 0) is 53.5 Å². The van der Waals surface area contributed by atoms with Crippen LogP contribution < -0.4 is 10.2 Å². The molecule has 3 rings (SSSR count). The van der Waals surface area contributed by atoms with Crippen molar-refractivity contribution in [2.24, 2.45) is 0 Å². The maximum absolute atomic E-state index is 2.37. The van der Waals surface area contributed by atoms with Gasteiger partial charge in [-0.3, -0.25) is 0 Å². The van der Waals surface area contributed by atoms with Crippen LogP contribution in [0.15, 0.2) is 36.4 Å². The van der Waals surface area contributed by atoms with Crippen LogP contribution in [-0.2, 0) is 5.41 Å². The standard InChI is InChI=1S/C21H24BS/c1-13-11-16(21(4,5)6)12-14(2)19(13)22-20-15(3)17-9-7-8-10-18(17)23-20/h7-12H,1-6H3. The summed E-state index contributed by atoms with van der Waals surface area (Å²) in [6, 6.07) is 13.4. The van der Waals surface area contributed by atoms with Gasteiger partial charge >= 0.3 is 0 Å². The minimum Gasteiger partial charge on any atom is -0.150 e. The number of thiophene rings is 1. The van der Waals surface area contributed by atoms with Crippen molar-refractivity contribution < 1.29 is 0 Å². The number of hydrogen-bond acceptors (Lipinski definition) is 1. The van der Waals surface area contributed by atoms with Gasteiger partial charge < -0.3 is 0 Å². The highest BCUT2D eigenvalue weighted by Crippen LogP contribution is 2.25. The van der Waals surface area contributed by atoms with Gasteiger partial charge in [0.2, 0.25) is 7.28 Å². The minimum absolute atomic E-state index is 0.196. The van der Waals surface area contributed by atoms with Gasteiger partial charge in [-0.1, -0.05) is 67.7 Å². The summed E-state index contributed by atoms with van der Waals surface area (Å²) in [6.45, 7) is 13.5. The van der Waals surface area contributed by atoms with Crippen molar-refractivity contribution in [1.29, 1.82) is 0 Å². The Kier molecular flexibility index (Phi) is 4.14. The molecule has 0 atom stereocenters. The fourth-order valence-electron chi connectivity index (χ4n) is 3.10. The minimum atomic E-state index is 0.196. The van der Waals surface area contributed by atoms with Crippen LogP contribution in [0.2, 0.25) is 0 Å². The number of rotatable bonds is 2. The molecule has 0 saturated carbocycles. The maximum Gasteiger partial charge on any atom is 0.206 e. The molecule has 0 amide bonds. The fraction of sp³-hybridized carbons (Fsp3) is 0.333. The second kappa shape index (κ2) is 5.83.